The molecule has 0 spiro atoms. The third-order valence-corrected chi connectivity index (χ3v) is 7.19. The Morgan fingerprint density at radius 3 is 2.67 bits per heavy atom. The number of amides is 1. The van der Waals surface area contributed by atoms with Crippen molar-refractivity contribution in [1.82, 2.24) is 19.7 Å². The van der Waals surface area contributed by atoms with Crippen LogP contribution in [-0.2, 0) is 23.5 Å². The maximum absolute atomic E-state index is 12.5. The lowest BCUT2D eigenvalue weighted by Crippen LogP contribution is -2.23. The summed E-state index contributed by atoms with van der Waals surface area (Å²) in [5.41, 5.74) is 5.21. The molecule has 0 unspecified atom stereocenters. The highest BCUT2D eigenvalue weighted by Gasteiger charge is 2.21. The number of thioether (sulfide) groups is 1. The molecule has 1 amide bonds. The molecule has 6 nitrogen and oxygen atoms in total. The van der Waals surface area contributed by atoms with Gasteiger partial charge < -0.3 is 4.57 Å². The molecule has 2 aromatic heterocycles. The van der Waals surface area contributed by atoms with Gasteiger partial charge in [0.2, 0.25) is 5.91 Å². The van der Waals surface area contributed by atoms with Gasteiger partial charge in [-0.25, -0.2) is 4.98 Å². The molecule has 2 heterocycles. The third-order valence-electron chi connectivity index (χ3n) is 5.32. The lowest BCUT2D eigenvalue weighted by atomic mass is 10.1. The van der Waals surface area contributed by atoms with Gasteiger partial charge in [-0.1, -0.05) is 60.6 Å². The number of hydrogen-bond acceptors (Lipinski definition) is 6. The lowest BCUT2D eigenvalue weighted by Gasteiger charge is -2.20. The second kappa shape index (κ2) is 10.3. The number of benzene rings is 2. The highest BCUT2D eigenvalue weighted by Crippen LogP contribution is 2.33. The highest BCUT2D eigenvalue weighted by atomic mass is 32.2. The molecular weight excluding hydrogens is 450 g/mol. The summed E-state index contributed by atoms with van der Waals surface area (Å²) in [4.78, 5) is 19.0. The van der Waals surface area contributed by atoms with Crippen LogP contribution in [0.15, 0.2) is 59.1 Å². The average molecular weight is 478 g/mol. The minimum absolute atomic E-state index is 0.0435. The molecule has 0 saturated heterocycles. The summed E-state index contributed by atoms with van der Waals surface area (Å²) in [5.74, 6) is 1.49. The van der Waals surface area contributed by atoms with E-state index >= 15 is 0 Å². The van der Waals surface area contributed by atoms with Crippen LogP contribution in [-0.4, -0.2) is 25.7 Å². The molecule has 0 aliphatic carbocycles. The molecule has 4 rings (SSSR count). The number of rotatable bonds is 8. The number of carbonyl (C=O) groups is 1. The topological polar surface area (TPSA) is 63.9 Å². The Hall–Kier alpha value is -2.97. The van der Waals surface area contributed by atoms with Crippen LogP contribution in [0, 0.1) is 6.92 Å². The van der Waals surface area contributed by atoms with Crippen LogP contribution in [0.2, 0.25) is 0 Å². The molecule has 2 aromatic carbocycles. The summed E-state index contributed by atoms with van der Waals surface area (Å²) < 4.78 is 2.13. The molecule has 0 aliphatic rings. The Bertz CT molecular complexity index is 1260. The molecule has 8 heteroatoms. The van der Waals surface area contributed by atoms with Crippen LogP contribution in [0.25, 0.3) is 11.4 Å². The fraction of sp³-hybridized carbons (Fsp3) is 0.280. The van der Waals surface area contributed by atoms with Crippen molar-refractivity contribution in [2.75, 3.05) is 4.90 Å². The predicted molar refractivity (Wildman–Crippen MR) is 136 cm³/mol. The van der Waals surface area contributed by atoms with Crippen molar-refractivity contribution in [3.05, 3.63) is 70.7 Å². The number of aryl methyl sites for hydroxylation is 2. The second-order valence-corrected chi connectivity index (χ2v) is 9.45. The van der Waals surface area contributed by atoms with E-state index in [9.17, 15) is 4.79 Å². The molecule has 0 atom stereocenters. The van der Waals surface area contributed by atoms with Crippen molar-refractivity contribution < 1.29 is 4.79 Å². The van der Waals surface area contributed by atoms with Crippen LogP contribution >= 0.6 is 23.1 Å². The molecule has 33 heavy (non-hydrogen) atoms. The molecule has 170 valence electrons. The van der Waals surface area contributed by atoms with Gasteiger partial charge >= 0.3 is 0 Å². The summed E-state index contributed by atoms with van der Waals surface area (Å²) in [6.45, 7) is 8.64. The molecule has 0 fully saturated rings. The summed E-state index contributed by atoms with van der Waals surface area (Å²) in [5, 5.41) is 12.5. The van der Waals surface area contributed by atoms with E-state index in [4.69, 9.17) is 4.98 Å². The Morgan fingerprint density at radius 1 is 1.12 bits per heavy atom. The van der Waals surface area contributed by atoms with Gasteiger partial charge in [-0.15, -0.1) is 21.5 Å². The summed E-state index contributed by atoms with van der Waals surface area (Å²) in [6.07, 6.45) is 0.851. The van der Waals surface area contributed by atoms with E-state index in [1.807, 2.05) is 29.6 Å². The van der Waals surface area contributed by atoms with Crippen molar-refractivity contribution >= 4 is 39.8 Å². The summed E-state index contributed by atoms with van der Waals surface area (Å²) >= 11 is 3.10. The van der Waals surface area contributed by atoms with Gasteiger partial charge in [0.05, 0.1) is 11.4 Å². The molecule has 4 aromatic rings. The third kappa shape index (κ3) is 5.02. The number of aromatic nitrogens is 4. The SMILES string of the molecule is CCc1ccccc1N(C(C)=O)c1nc(CSc2nnc(-c3cccc(C)c3)n2CC)cs1. The molecule has 0 saturated carbocycles. The van der Waals surface area contributed by atoms with Crippen LogP contribution in [0.3, 0.4) is 0 Å². The smallest absolute Gasteiger partial charge is 0.230 e. The van der Waals surface area contributed by atoms with E-state index < -0.39 is 0 Å². The van der Waals surface area contributed by atoms with Gasteiger partial charge in [0, 0.05) is 30.2 Å². The fourth-order valence-corrected chi connectivity index (χ4v) is 5.60. The second-order valence-electron chi connectivity index (χ2n) is 7.67. The van der Waals surface area contributed by atoms with Crippen molar-refractivity contribution in [1.29, 1.82) is 0 Å². The van der Waals surface area contributed by atoms with Gasteiger partial charge in [-0.2, -0.15) is 0 Å². The standard InChI is InChI=1S/C25H27N5OS2/c1-5-19-11-7-8-13-22(19)30(18(4)31)24-26-21(15-32-24)16-33-25-28-27-23(29(25)6-2)20-12-9-10-17(3)14-20/h7-15H,5-6,16H2,1-4H3. The monoisotopic (exact) mass is 477 g/mol. The largest absolute Gasteiger partial charge is 0.302 e. The zero-order valence-corrected chi connectivity index (χ0v) is 20.9. The predicted octanol–water partition coefficient (Wildman–Crippen LogP) is 6.27. The zero-order chi connectivity index (χ0) is 23.4. The number of nitrogens with zero attached hydrogens (tertiary/aromatic N) is 5. The van der Waals surface area contributed by atoms with Gasteiger partial charge in [0.15, 0.2) is 16.1 Å². The van der Waals surface area contributed by atoms with Crippen LogP contribution in [0.1, 0.15) is 37.6 Å². The Kier molecular flexibility index (Phi) is 7.25. The van der Waals surface area contributed by atoms with Gasteiger partial charge in [-0.3, -0.25) is 9.69 Å². The molecule has 0 radical (unpaired) electrons. The van der Waals surface area contributed by atoms with E-state index in [1.165, 1.54) is 16.9 Å². The number of para-hydroxylation sites is 1. The number of thiazole rings is 1. The van der Waals surface area contributed by atoms with E-state index in [2.05, 4.69) is 59.8 Å². The molecule has 0 bridgehead atoms. The number of anilines is 2. The Balaban J connectivity index is 1.54. The number of hydrogen-bond donors (Lipinski definition) is 0. The first-order chi connectivity index (χ1) is 16.0. The van der Waals surface area contributed by atoms with Gasteiger partial charge in [0.25, 0.3) is 0 Å². The van der Waals surface area contributed by atoms with Crippen LogP contribution in [0.4, 0.5) is 10.8 Å². The molecular formula is C25H27N5OS2. The lowest BCUT2D eigenvalue weighted by molar-refractivity contribution is -0.115. The minimum atomic E-state index is -0.0435. The van der Waals surface area contributed by atoms with Crippen LogP contribution < -0.4 is 4.90 Å². The summed E-state index contributed by atoms with van der Waals surface area (Å²) in [7, 11) is 0. The van der Waals surface area contributed by atoms with E-state index in [-0.39, 0.29) is 5.91 Å². The van der Waals surface area contributed by atoms with E-state index in [0.29, 0.717) is 10.9 Å². The Morgan fingerprint density at radius 2 is 1.94 bits per heavy atom. The van der Waals surface area contributed by atoms with Crippen LogP contribution in [0.5, 0.6) is 0 Å². The Labute approximate surface area is 202 Å². The maximum atomic E-state index is 12.5. The fourth-order valence-electron chi connectivity index (χ4n) is 3.72. The zero-order valence-electron chi connectivity index (χ0n) is 19.3. The minimum Gasteiger partial charge on any atom is -0.302 e. The highest BCUT2D eigenvalue weighted by molar-refractivity contribution is 7.98. The van der Waals surface area contributed by atoms with Crippen molar-refractivity contribution in [3.8, 4) is 11.4 Å². The van der Waals surface area contributed by atoms with Gasteiger partial charge in [0.1, 0.15) is 0 Å². The van der Waals surface area contributed by atoms with Gasteiger partial charge in [-0.05, 0) is 38.0 Å². The maximum Gasteiger partial charge on any atom is 0.230 e. The van der Waals surface area contributed by atoms with Crippen molar-refractivity contribution in [3.63, 3.8) is 0 Å². The average Bonchev–Trinajstić information content (AvgIpc) is 3.44. The van der Waals surface area contributed by atoms with E-state index in [0.717, 1.165) is 46.5 Å². The molecule has 0 aliphatic heterocycles. The normalized spacial score (nSPS) is 11.0. The first-order valence-electron chi connectivity index (χ1n) is 11.0. The van der Waals surface area contributed by atoms with Crippen molar-refractivity contribution in [2.45, 2.75) is 51.6 Å². The summed E-state index contributed by atoms with van der Waals surface area (Å²) in [6, 6.07) is 16.3. The number of carbonyl (C=O) groups excluding carboxylic acids is 1. The van der Waals surface area contributed by atoms with E-state index in [1.54, 1.807) is 23.6 Å². The molecule has 0 N–H and O–H groups in total. The first kappa shape index (κ1) is 23.2. The quantitative estimate of drug-likeness (QED) is 0.280. The first-order valence-corrected chi connectivity index (χ1v) is 12.8. The van der Waals surface area contributed by atoms with Crippen molar-refractivity contribution in [2.24, 2.45) is 0 Å².